The van der Waals surface area contributed by atoms with E-state index in [-0.39, 0.29) is 34.1 Å². The van der Waals surface area contributed by atoms with Crippen molar-refractivity contribution >= 4 is 28.7 Å². The molecule has 1 aliphatic heterocycles. The summed E-state index contributed by atoms with van der Waals surface area (Å²) in [7, 11) is 1.55. The summed E-state index contributed by atoms with van der Waals surface area (Å²) in [6, 6.07) is 7.39. The highest BCUT2D eigenvalue weighted by Gasteiger charge is 2.44. The third kappa shape index (κ3) is 7.86. The zero-order chi connectivity index (χ0) is 32.9. The summed E-state index contributed by atoms with van der Waals surface area (Å²) in [6.07, 6.45) is -0.975. The van der Waals surface area contributed by atoms with Crippen LogP contribution in [0.2, 0.25) is 0 Å². The summed E-state index contributed by atoms with van der Waals surface area (Å²) in [5.74, 6) is -0.785. The number of fused-ring (bicyclic) bond motifs is 1. The van der Waals surface area contributed by atoms with Gasteiger partial charge in [-0.1, -0.05) is 11.6 Å². The average molecular weight is 615 g/mol. The number of carboxylic acid groups (broad SMARTS) is 1. The monoisotopic (exact) mass is 614 g/mol. The van der Waals surface area contributed by atoms with E-state index in [0.29, 0.717) is 24.0 Å². The van der Waals surface area contributed by atoms with Crippen molar-refractivity contribution in [2.24, 2.45) is 5.73 Å². The third-order valence-corrected chi connectivity index (χ3v) is 7.05. The van der Waals surface area contributed by atoms with Crippen molar-refractivity contribution in [3.8, 4) is 17.2 Å². The van der Waals surface area contributed by atoms with E-state index in [1.165, 1.54) is 24.3 Å². The van der Waals surface area contributed by atoms with Crippen LogP contribution < -0.4 is 21.4 Å². The van der Waals surface area contributed by atoms with Gasteiger partial charge in [-0.15, -0.1) is 0 Å². The molecule has 3 aromatic rings. The van der Waals surface area contributed by atoms with Crippen molar-refractivity contribution in [2.45, 2.75) is 71.6 Å². The second-order valence-corrected chi connectivity index (χ2v) is 11.0. The number of benzene rings is 2. The van der Waals surface area contributed by atoms with Crippen LogP contribution >= 0.6 is 0 Å². The Bertz CT molecular complexity index is 1620. The maximum absolute atomic E-state index is 13.0. The first-order valence-electron chi connectivity index (χ1n) is 13.6. The average Bonchev–Trinajstić information content (AvgIpc) is 2.93. The summed E-state index contributed by atoms with van der Waals surface area (Å²) in [4.78, 5) is 34.6. The molecule has 7 N–H and O–H groups in total. The van der Waals surface area contributed by atoms with Crippen molar-refractivity contribution in [3.05, 3.63) is 69.1 Å². The number of aryl methyl sites for hydroxylation is 1. The molecule has 0 radical (unpaired) electrons. The topological polar surface area (TPSA) is 211 Å². The molecule has 0 saturated carbocycles. The number of rotatable bonds is 7. The van der Waals surface area contributed by atoms with Gasteiger partial charge in [0.05, 0.1) is 17.1 Å². The van der Waals surface area contributed by atoms with Gasteiger partial charge < -0.3 is 50.1 Å². The highest BCUT2D eigenvalue weighted by atomic mass is 16.7. The first kappa shape index (κ1) is 33.9. The number of hydrogen-bond acceptors (Lipinski definition) is 10. The van der Waals surface area contributed by atoms with Crippen LogP contribution in [0.3, 0.4) is 0 Å². The van der Waals surface area contributed by atoms with Crippen LogP contribution in [0.4, 0.5) is 10.5 Å². The highest BCUT2D eigenvalue weighted by molar-refractivity contribution is 6.06. The number of primary amides is 1. The molecule has 1 aromatic heterocycles. The van der Waals surface area contributed by atoms with E-state index in [1.54, 1.807) is 20.1 Å². The third-order valence-electron chi connectivity index (χ3n) is 7.05. The summed E-state index contributed by atoms with van der Waals surface area (Å²) >= 11 is 0. The molecule has 2 unspecified atom stereocenters. The van der Waals surface area contributed by atoms with Crippen LogP contribution in [0.15, 0.2) is 51.2 Å². The molecule has 1 saturated heterocycles. The van der Waals surface area contributed by atoms with Gasteiger partial charge in [-0.2, -0.15) is 0 Å². The smallest absolute Gasteiger partial charge is 0.402 e. The second-order valence-electron chi connectivity index (χ2n) is 11.0. The van der Waals surface area contributed by atoms with Gasteiger partial charge in [0, 0.05) is 24.7 Å². The maximum Gasteiger partial charge on any atom is 0.402 e. The summed E-state index contributed by atoms with van der Waals surface area (Å²) in [5.41, 5.74) is 4.19. The standard InChI is InChI=1S/C30H35NO9.CH3NO2/c1-15(2)7-8-17-13-18(9-11-20(17)32)27(35)31-24-25(34)19-10-12-22(16(3)26(19)39-28(24)36)38-29-21(33)14-23(37-6)30(4,5)40-29;2-1(3)4/h7,9-13,21,23,29,32-34H,8,14H2,1-6H3,(H,31,35);2H2,(H,3,4)/t21-,23?,29?;/m1./s1. The van der Waals surface area contributed by atoms with E-state index < -0.39 is 47.1 Å². The quantitative estimate of drug-likeness (QED) is 0.164. The Balaban J connectivity index is 0.00000124. The van der Waals surface area contributed by atoms with Gasteiger partial charge in [0.2, 0.25) is 6.29 Å². The van der Waals surface area contributed by atoms with Gasteiger partial charge in [0.1, 0.15) is 23.2 Å². The van der Waals surface area contributed by atoms with Gasteiger partial charge in [0.25, 0.3) is 5.91 Å². The van der Waals surface area contributed by atoms with Crippen LogP contribution in [0.5, 0.6) is 17.2 Å². The fourth-order valence-corrected chi connectivity index (χ4v) is 4.67. The molecule has 1 aliphatic rings. The Labute approximate surface area is 253 Å². The fraction of sp³-hybridized carbons (Fsp3) is 0.387. The number of allylic oxidation sites excluding steroid dienone is 2. The number of nitrogens with one attached hydrogen (secondary N) is 1. The number of phenols is 1. The van der Waals surface area contributed by atoms with E-state index in [1.807, 2.05) is 33.8 Å². The number of aliphatic hydroxyl groups is 1. The molecule has 0 aliphatic carbocycles. The lowest BCUT2D eigenvalue weighted by atomic mass is 9.92. The van der Waals surface area contributed by atoms with Gasteiger partial charge in [-0.25, -0.2) is 9.59 Å². The molecule has 0 spiro atoms. The van der Waals surface area contributed by atoms with Crippen molar-refractivity contribution in [1.82, 2.24) is 0 Å². The molecule has 0 bridgehead atoms. The molecule has 13 heteroatoms. The lowest BCUT2D eigenvalue weighted by Crippen LogP contribution is -2.55. The number of phenolic OH excluding ortho intramolecular Hbond substituents is 1. The molecule has 2 aromatic carbocycles. The zero-order valence-electron chi connectivity index (χ0n) is 25.3. The number of anilines is 1. The summed E-state index contributed by atoms with van der Waals surface area (Å²) in [6.45, 7) is 9.17. The molecule has 238 valence electrons. The Morgan fingerprint density at radius 3 is 2.45 bits per heavy atom. The van der Waals surface area contributed by atoms with Crippen molar-refractivity contribution in [2.75, 3.05) is 12.4 Å². The van der Waals surface area contributed by atoms with Crippen LogP contribution in [-0.2, 0) is 15.9 Å². The predicted molar refractivity (Wildman–Crippen MR) is 161 cm³/mol. The lowest BCUT2D eigenvalue weighted by molar-refractivity contribution is -0.271. The number of aromatic hydroxyl groups is 2. The van der Waals surface area contributed by atoms with Crippen LogP contribution in [0.1, 0.15) is 55.6 Å². The summed E-state index contributed by atoms with van der Waals surface area (Å²) in [5, 5.41) is 41.4. The molecular formula is C31H38N2O11. The molecule has 4 rings (SSSR count). The van der Waals surface area contributed by atoms with Crippen molar-refractivity contribution in [1.29, 1.82) is 0 Å². The largest absolute Gasteiger partial charge is 0.508 e. The van der Waals surface area contributed by atoms with Gasteiger partial charge >= 0.3 is 11.7 Å². The predicted octanol–water partition coefficient (Wildman–Crippen LogP) is 4.18. The van der Waals surface area contributed by atoms with Crippen LogP contribution in [0.25, 0.3) is 11.0 Å². The van der Waals surface area contributed by atoms with E-state index >= 15 is 0 Å². The van der Waals surface area contributed by atoms with E-state index in [2.05, 4.69) is 11.1 Å². The number of nitrogens with two attached hydrogens (primary N) is 1. The minimum atomic E-state index is -1.33. The van der Waals surface area contributed by atoms with Crippen LogP contribution in [0, 0.1) is 6.92 Å². The van der Waals surface area contributed by atoms with E-state index in [9.17, 15) is 24.9 Å². The van der Waals surface area contributed by atoms with Crippen LogP contribution in [-0.4, -0.2) is 63.6 Å². The Morgan fingerprint density at radius 2 is 1.84 bits per heavy atom. The first-order chi connectivity index (χ1) is 20.5. The zero-order valence-corrected chi connectivity index (χ0v) is 25.3. The molecule has 44 heavy (non-hydrogen) atoms. The fourth-order valence-electron chi connectivity index (χ4n) is 4.67. The number of hydrogen-bond donors (Lipinski definition) is 6. The lowest BCUT2D eigenvalue weighted by Gasteiger charge is -2.43. The van der Waals surface area contributed by atoms with Crippen molar-refractivity contribution < 1.29 is 48.6 Å². The van der Waals surface area contributed by atoms with Crippen molar-refractivity contribution in [3.63, 3.8) is 0 Å². The molecule has 2 heterocycles. The molecular weight excluding hydrogens is 576 g/mol. The molecule has 3 atom stereocenters. The SMILES string of the molecule is COC1C[C@@H](O)C(Oc2ccc3c(O)c(NC(=O)c4ccc(O)c(CC=C(C)C)c4)c(=O)oc3c2C)OC1(C)C.NC(=O)O. The van der Waals surface area contributed by atoms with Gasteiger partial charge in [-0.3, -0.25) is 4.79 Å². The number of aliphatic hydroxyl groups excluding tert-OH is 1. The van der Waals surface area contributed by atoms with E-state index in [0.717, 1.165) is 5.57 Å². The number of amides is 2. The minimum absolute atomic E-state index is 0.0452. The summed E-state index contributed by atoms with van der Waals surface area (Å²) < 4.78 is 22.8. The normalized spacial score (nSPS) is 18.9. The number of ether oxygens (including phenoxy) is 3. The highest BCUT2D eigenvalue weighted by Crippen LogP contribution is 2.38. The molecule has 2 amide bonds. The molecule has 1 fully saturated rings. The first-order valence-corrected chi connectivity index (χ1v) is 13.6. The van der Waals surface area contributed by atoms with E-state index in [4.69, 9.17) is 28.5 Å². The minimum Gasteiger partial charge on any atom is -0.508 e. The van der Waals surface area contributed by atoms with Gasteiger partial charge in [0.15, 0.2) is 11.4 Å². The number of carbonyl (C=O) groups excluding carboxylic acids is 1. The Morgan fingerprint density at radius 1 is 1.18 bits per heavy atom. The van der Waals surface area contributed by atoms with Gasteiger partial charge in [-0.05, 0) is 76.9 Å². The number of methoxy groups -OCH3 is 1. The Hall–Kier alpha value is -4.59. The number of carbonyl (C=O) groups is 2. The Kier molecular flexibility index (Phi) is 10.6. The maximum atomic E-state index is 13.0. The molecule has 13 nitrogen and oxygen atoms in total. The second kappa shape index (κ2) is 13.8.